The first kappa shape index (κ1) is 25.4. The van der Waals surface area contributed by atoms with E-state index in [0.717, 1.165) is 41.9 Å². The minimum absolute atomic E-state index is 0.100. The van der Waals surface area contributed by atoms with Crippen molar-refractivity contribution >= 4 is 17.6 Å². The fourth-order valence-electron chi connectivity index (χ4n) is 2.75. The van der Waals surface area contributed by atoms with E-state index < -0.39 is 18.0 Å². The van der Waals surface area contributed by atoms with Gasteiger partial charge in [-0.05, 0) is 36.1 Å². The minimum atomic E-state index is -0.716. The summed E-state index contributed by atoms with van der Waals surface area (Å²) >= 11 is 0. The minimum Gasteiger partial charge on any atom is -0.494 e. The number of carbonyl (C=O) groups is 2. The molecular weight excluding hydrogens is 422 g/mol. The Morgan fingerprint density at radius 2 is 1.48 bits per heavy atom. The Balaban J connectivity index is 1.66. The molecule has 1 unspecified atom stereocenters. The molecule has 7 heteroatoms. The lowest BCUT2D eigenvalue weighted by atomic mass is 10.1. The van der Waals surface area contributed by atoms with Crippen LogP contribution in [-0.4, -0.2) is 44.5 Å². The third kappa shape index (κ3) is 9.42. The monoisotopic (exact) mass is 449 g/mol. The molecule has 0 amide bonds. The normalized spacial score (nSPS) is 11.0. The smallest absolute Gasteiger partial charge is 0.330 e. The molecule has 7 nitrogen and oxygen atoms in total. The van der Waals surface area contributed by atoms with Gasteiger partial charge < -0.3 is 18.9 Å². The van der Waals surface area contributed by atoms with E-state index in [2.05, 4.69) is 18.0 Å². The van der Waals surface area contributed by atoms with E-state index in [-0.39, 0.29) is 13.2 Å². The predicted octanol–water partition coefficient (Wildman–Crippen LogP) is 4.91. The number of unbranched alkanes of at least 4 members (excludes halogenated alkanes) is 1. The van der Waals surface area contributed by atoms with E-state index in [1.165, 1.54) is 0 Å². The molecule has 0 radical (unpaired) electrons. The Morgan fingerprint density at radius 3 is 2.09 bits per heavy atom. The summed E-state index contributed by atoms with van der Waals surface area (Å²) in [6.07, 6.45) is 2.89. The average molecular weight is 450 g/mol. The van der Waals surface area contributed by atoms with Gasteiger partial charge in [-0.1, -0.05) is 49.6 Å². The maximum absolute atomic E-state index is 11.4. The molecule has 172 valence electrons. The lowest BCUT2D eigenvalue weighted by Crippen LogP contribution is -2.29. The van der Waals surface area contributed by atoms with Crippen molar-refractivity contribution in [3.05, 3.63) is 85.3 Å². The molecule has 0 N–H and O–H groups in total. The van der Waals surface area contributed by atoms with Gasteiger partial charge in [0.1, 0.15) is 12.4 Å². The van der Waals surface area contributed by atoms with Crippen LogP contribution in [0.5, 0.6) is 5.75 Å². The van der Waals surface area contributed by atoms with Gasteiger partial charge in [-0.25, -0.2) is 14.4 Å². The van der Waals surface area contributed by atoms with Crippen LogP contribution in [0.1, 0.15) is 12.8 Å². The van der Waals surface area contributed by atoms with E-state index in [1.807, 2.05) is 36.4 Å². The number of benzene rings is 2. The second-order valence-electron chi connectivity index (χ2n) is 6.91. The van der Waals surface area contributed by atoms with Crippen molar-refractivity contribution in [2.45, 2.75) is 18.9 Å². The van der Waals surface area contributed by atoms with Crippen LogP contribution in [0.3, 0.4) is 0 Å². The summed E-state index contributed by atoms with van der Waals surface area (Å²) < 4.78 is 21.3. The van der Waals surface area contributed by atoms with Gasteiger partial charge in [-0.3, -0.25) is 0 Å². The largest absolute Gasteiger partial charge is 0.494 e. The molecule has 0 aliphatic carbocycles. The Morgan fingerprint density at radius 1 is 0.879 bits per heavy atom. The summed E-state index contributed by atoms with van der Waals surface area (Å²) in [5.41, 5.74) is 2.72. The van der Waals surface area contributed by atoms with E-state index in [9.17, 15) is 9.59 Å². The third-order valence-corrected chi connectivity index (χ3v) is 4.47. The highest BCUT2D eigenvalue weighted by molar-refractivity contribution is 5.82. The zero-order valence-corrected chi connectivity index (χ0v) is 18.4. The molecule has 0 saturated carbocycles. The molecule has 0 aromatic heterocycles. The summed E-state index contributed by atoms with van der Waals surface area (Å²) in [6, 6.07) is 15.2. The first-order valence-corrected chi connectivity index (χ1v) is 10.5. The fraction of sp³-hybridized carbons (Fsp3) is 0.269. The number of ether oxygens (including phenoxy) is 4. The molecule has 0 saturated heterocycles. The summed E-state index contributed by atoms with van der Waals surface area (Å²) in [5.74, 6) is -0.436. The highest BCUT2D eigenvalue weighted by Gasteiger charge is 2.15. The second-order valence-corrected chi connectivity index (χ2v) is 6.91. The van der Waals surface area contributed by atoms with Crippen LogP contribution < -0.4 is 4.74 Å². The van der Waals surface area contributed by atoms with Crippen molar-refractivity contribution in [2.24, 2.45) is 0 Å². The second kappa shape index (κ2) is 14.2. The van der Waals surface area contributed by atoms with Crippen LogP contribution in [0.4, 0.5) is 5.69 Å². The van der Waals surface area contributed by atoms with E-state index in [1.54, 1.807) is 12.1 Å². The molecule has 1 atom stereocenters. The van der Waals surface area contributed by atoms with Crippen molar-refractivity contribution in [3.8, 4) is 16.9 Å². The van der Waals surface area contributed by atoms with Gasteiger partial charge >= 0.3 is 11.9 Å². The zero-order chi connectivity index (χ0) is 23.9. The lowest BCUT2D eigenvalue weighted by molar-refractivity contribution is -0.156. The Bertz CT molecular complexity index is 960. The Kier molecular flexibility index (Phi) is 10.9. The molecule has 0 bridgehead atoms. The fourth-order valence-corrected chi connectivity index (χ4v) is 2.75. The molecule has 2 aromatic carbocycles. The van der Waals surface area contributed by atoms with Gasteiger partial charge in [-0.2, -0.15) is 0 Å². The molecule has 2 rings (SSSR count). The zero-order valence-electron chi connectivity index (χ0n) is 18.4. The molecule has 0 fully saturated rings. The van der Waals surface area contributed by atoms with Gasteiger partial charge in [0.25, 0.3) is 0 Å². The Labute approximate surface area is 194 Å². The maximum atomic E-state index is 11.4. The number of carbonyl (C=O) groups excluding carboxylic acids is 2. The SMILES string of the molecule is [C-]#[N+]c1ccc(-c2ccc(OCCCCOCC(COC(=O)C=C)OC(=O)C=C)cc2)cc1. The van der Waals surface area contributed by atoms with Gasteiger partial charge in [0, 0.05) is 18.8 Å². The van der Waals surface area contributed by atoms with Crippen molar-refractivity contribution in [1.82, 2.24) is 0 Å². The summed E-state index contributed by atoms with van der Waals surface area (Å²) in [6.45, 7) is 14.6. The summed E-state index contributed by atoms with van der Waals surface area (Å²) in [7, 11) is 0. The van der Waals surface area contributed by atoms with Crippen molar-refractivity contribution in [3.63, 3.8) is 0 Å². The van der Waals surface area contributed by atoms with Gasteiger partial charge in [-0.15, -0.1) is 0 Å². The molecule has 2 aromatic rings. The summed E-state index contributed by atoms with van der Waals surface area (Å²) in [5, 5.41) is 0. The van der Waals surface area contributed by atoms with Crippen LogP contribution in [0.15, 0.2) is 73.8 Å². The van der Waals surface area contributed by atoms with Gasteiger partial charge in [0.15, 0.2) is 11.8 Å². The Hall–Kier alpha value is -3.89. The first-order chi connectivity index (χ1) is 16.0. The average Bonchev–Trinajstić information content (AvgIpc) is 2.86. The maximum Gasteiger partial charge on any atom is 0.330 e. The highest BCUT2D eigenvalue weighted by atomic mass is 16.6. The van der Waals surface area contributed by atoms with Gasteiger partial charge in [0.05, 0.1) is 19.8 Å². The third-order valence-electron chi connectivity index (χ3n) is 4.47. The standard InChI is InChI=1S/C26H27NO6/c1-4-25(28)32-19-24(33-26(29)5-2)18-30-16-6-7-17-31-23-14-10-21(11-15-23)20-8-12-22(27-3)13-9-20/h4-5,8-15,24H,1-2,6-7,16-19H2. The van der Waals surface area contributed by atoms with Crippen LogP contribution >= 0.6 is 0 Å². The number of hydrogen-bond donors (Lipinski definition) is 0. The molecule has 0 spiro atoms. The van der Waals surface area contributed by atoms with Crippen LogP contribution in [0, 0.1) is 6.57 Å². The number of nitrogens with zero attached hydrogens (tertiary/aromatic N) is 1. The van der Waals surface area contributed by atoms with Crippen LogP contribution in [0.2, 0.25) is 0 Å². The van der Waals surface area contributed by atoms with E-state index in [4.69, 9.17) is 25.5 Å². The number of esters is 2. The molecule has 0 heterocycles. The quantitative estimate of drug-likeness (QED) is 0.177. The topological polar surface area (TPSA) is 75.4 Å². The van der Waals surface area contributed by atoms with Crippen LogP contribution in [-0.2, 0) is 23.8 Å². The molecule has 33 heavy (non-hydrogen) atoms. The van der Waals surface area contributed by atoms with E-state index in [0.29, 0.717) is 18.9 Å². The summed E-state index contributed by atoms with van der Waals surface area (Å²) in [4.78, 5) is 26.0. The van der Waals surface area contributed by atoms with Crippen molar-refractivity contribution in [2.75, 3.05) is 26.4 Å². The molecular formula is C26H27NO6. The first-order valence-electron chi connectivity index (χ1n) is 10.5. The van der Waals surface area contributed by atoms with Crippen molar-refractivity contribution in [1.29, 1.82) is 0 Å². The molecule has 0 aliphatic heterocycles. The lowest BCUT2D eigenvalue weighted by Gasteiger charge is -2.17. The van der Waals surface area contributed by atoms with Crippen molar-refractivity contribution < 1.29 is 28.5 Å². The van der Waals surface area contributed by atoms with Crippen LogP contribution in [0.25, 0.3) is 16.0 Å². The highest BCUT2D eigenvalue weighted by Crippen LogP contribution is 2.24. The predicted molar refractivity (Wildman–Crippen MR) is 125 cm³/mol. The molecule has 0 aliphatic rings. The number of hydrogen-bond acceptors (Lipinski definition) is 6. The van der Waals surface area contributed by atoms with Gasteiger partial charge in [0.2, 0.25) is 0 Å². The number of rotatable bonds is 14. The van der Waals surface area contributed by atoms with E-state index >= 15 is 0 Å².